The Kier molecular flexibility index (Phi) is 4.26. The number of para-hydroxylation sites is 1. The fourth-order valence-corrected chi connectivity index (χ4v) is 1.23. The number of anilines is 1. The summed E-state index contributed by atoms with van der Waals surface area (Å²) in [5.41, 5.74) is 1.83. The van der Waals surface area contributed by atoms with Gasteiger partial charge in [0.2, 0.25) is 5.91 Å². The van der Waals surface area contributed by atoms with Crippen molar-refractivity contribution in [1.29, 1.82) is 0 Å². The number of nitrogens with one attached hydrogen (secondary N) is 1. The third kappa shape index (κ3) is 3.26. The molecule has 0 aromatic heterocycles. The van der Waals surface area contributed by atoms with Gasteiger partial charge in [-0.25, -0.2) is 0 Å². The van der Waals surface area contributed by atoms with Crippen LogP contribution in [0.25, 0.3) is 6.08 Å². The van der Waals surface area contributed by atoms with Crippen LogP contribution in [0.4, 0.5) is 5.69 Å². The van der Waals surface area contributed by atoms with Gasteiger partial charge in [-0.15, -0.1) is 0 Å². The van der Waals surface area contributed by atoms with Crippen molar-refractivity contribution < 1.29 is 4.79 Å². The van der Waals surface area contributed by atoms with Crippen molar-refractivity contribution in [3.63, 3.8) is 0 Å². The molecule has 0 aliphatic rings. The van der Waals surface area contributed by atoms with Crippen molar-refractivity contribution in [1.82, 2.24) is 0 Å². The van der Waals surface area contributed by atoms with Crippen LogP contribution in [-0.4, -0.2) is 11.7 Å². The van der Waals surface area contributed by atoms with Gasteiger partial charge in [0.15, 0.2) is 0 Å². The van der Waals surface area contributed by atoms with E-state index in [2.05, 4.69) is 17.9 Å². The summed E-state index contributed by atoms with van der Waals surface area (Å²) in [7, 11) is 0. The van der Waals surface area contributed by atoms with Gasteiger partial charge < -0.3 is 5.32 Å². The Balaban J connectivity index is 2.90. The quantitative estimate of drug-likeness (QED) is 0.733. The first-order chi connectivity index (χ1) is 6.74. The molecule has 3 heteroatoms. The number of hydrogen-bond donors (Lipinski definition) is 2. The fraction of sp³-hybridized carbons (Fsp3) is 0.182. The molecule has 0 atom stereocenters. The Hall–Kier alpha value is -1.22. The van der Waals surface area contributed by atoms with Crippen LogP contribution in [-0.2, 0) is 4.79 Å². The molecule has 0 bridgehead atoms. The van der Waals surface area contributed by atoms with Crippen molar-refractivity contribution in [2.75, 3.05) is 11.1 Å². The molecule has 1 aromatic carbocycles. The van der Waals surface area contributed by atoms with Crippen molar-refractivity contribution in [3.8, 4) is 0 Å². The van der Waals surface area contributed by atoms with Crippen LogP contribution < -0.4 is 5.32 Å². The topological polar surface area (TPSA) is 29.1 Å². The fourth-order valence-electron chi connectivity index (χ4n) is 1.13. The molecule has 1 rings (SSSR count). The molecule has 0 unspecified atom stereocenters. The highest BCUT2D eigenvalue weighted by molar-refractivity contribution is 7.80. The molecule has 0 saturated carbocycles. The largest absolute Gasteiger partial charge is 0.326 e. The molecule has 1 aromatic rings. The highest BCUT2D eigenvalue weighted by Gasteiger charge is 1.98. The zero-order chi connectivity index (χ0) is 10.4. The Morgan fingerprint density at radius 1 is 1.50 bits per heavy atom. The van der Waals surface area contributed by atoms with E-state index < -0.39 is 0 Å². The minimum Gasteiger partial charge on any atom is -0.326 e. The van der Waals surface area contributed by atoms with Crippen molar-refractivity contribution in [3.05, 3.63) is 35.9 Å². The lowest BCUT2D eigenvalue weighted by Crippen LogP contribution is -2.06. The third-order valence-electron chi connectivity index (χ3n) is 1.67. The molecule has 0 fully saturated rings. The van der Waals surface area contributed by atoms with Gasteiger partial charge in [-0.1, -0.05) is 30.4 Å². The van der Waals surface area contributed by atoms with Gasteiger partial charge in [-0.3, -0.25) is 4.79 Å². The predicted octanol–water partition coefficient (Wildman–Crippen LogP) is 2.59. The first kappa shape index (κ1) is 10.9. The van der Waals surface area contributed by atoms with Gasteiger partial charge in [0, 0.05) is 18.4 Å². The summed E-state index contributed by atoms with van der Waals surface area (Å²) in [5, 5.41) is 2.77. The molecule has 14 heavy (non-hydrogen) atoms. The number of hydrogen-bond acceptors (Lipinski definition) is 2. The second-order valence-electron chi connectivity index (χ2n) is 2.85. The standard InChI is InChI=1S/C11H13NOS/c1-9(13)12-11-7-3-2-5-10(11)6-4-8-14/h2-7,14H,8H2,1H3,(H,12,13). The molecule has 1 N–H and O–H groups in total. The third-order valence-corrected chi connectivity index (χ3v) is 1.89. The Labute approximate surface area is 89.4 Å². The maximum Gasteiger partial charge on any atom is 0.221 e. The number of amides is 1. The Morgan fingerprint density at radius 2 is 2.21 bits per heavy atom. The van der Waals surface area contributed by atoms with Crippen LogP contribution in [0.2, 0.25) is 0 Å². The van der Waals surface area contributed by atoms with Crippen LogP contribution in [0.1, 0.15) is 12.5 Å². The molecule has 74 valence electrons. The van der Waals surface area contributed by atoms with Gasteiger partial charge in [-0.05, 0) is 11.6 Å². The highest BCUT2D eigenvalue weighted by Crippen LogP contribution is 2.16. The molecule has 0 heterocycles. The van der Waals surface area contributed by atoms with Gasteiger partial charge in [0.25, 0.3) is 0 Å². The summed E-state index contributed by atoms with van der Waals surface area (Å²) in [6.07, 6.45) is 3.88. The van der Waals surface area contributed by atoms with E-state index in [0.717, 1.165) is 11.3 Å². The molecular formula is C11H13NOS. The molecule has 0 spiro atoms. The minimum atomic E-state index is -0.0586. The second kappa shape index (κ2) is 5.50. The summed E-state index contributed by atoms with van der Waals surface area (Å²) in [5.74, 6) is 0.630. The molecule has 0 radical (unpaired) electrons. The molecule has 1 amide bonds. The smallest absolute Gasteiger partial charge is 0.221 e. The van der Waals surface area contributed by atoms with Crippen LogP contribution in [0.3, 0.4) is 0 Å². The van der Waals surface area contributed by atoms with Gasteiger partial charge >= 0.3 is 0 Å². The number of benzene rings is 1. The molecule has 0 aliphatic carbocycles. The number of rotatable bonds is 3. The van der Waals surface area contributed by atoms with Crippen LogP contribution >= 0.6 is 12.6 Å². The lowest BCUT2D eigenvalue weighted by Gasteiger charge is -2.05. The van der Waals surface area contributed by atoms with Crippen LogP contribution in [0, 0.1) is 0 Å². The van der Waals surface area contributed by atoms with Crippen molar-refractivity contribution in [2.45, 2.75) is 6.92 Å². The lowest BCUT2D eigenvalue weighted by molar-refractivity contribution is -0.114. The van der Waals surface area contributed by atoms with Gasteiger partial charge in [0.1, 0.15) is 0 Å². The first-order valence-corrected chi connectivity index (χ1v) is 5.01. The maximum absolute atomic E-state index is 10.9. The van der Waals surface area contributed by atoms with Crippen molar-refractivity contribution in [2.24, 2.45) is 0 Å². The summed E-state index contributed by atoms with van der Waals surface area (Å²) < 4.78 is 0. The van der Waals surface area contributed by atoms with Gasteiger partial charge in [0.05, 0.1) is 0 Å². The maximum atomic E-state index is 10.9. The summed E-state index contributed by atoms with van der Waals surface area (Å²) >= 11 is 4.08. The highest BCUT2D eigenvalue weighted by atomic mass is 32.1. The predicted molar refractivity (Wildman–Crippen MR) is 63.6 cm³/mol. The number of carbonyl (C=O) groups is 1. The van der Waals surface area contributed by atoms with E-state index in [0.29, 0.717) is 5.75 Å². The van der Waals surface area contributed by atoms with E-state index in [-0.39, 0.29) is 5.91 Å². The van der Waals surface area contributed by atoms with Crippen LogP contribution in [0.5, 0.6) is 0 Å². The second-order valence-corrected chi connectivity index (χ2v) is 3.22. The van der Waals surface area contributed by atoms with E-state index in [1.807, 2.05) is 36.4 Å². The van der Waals surface area contributed by atoms with Crippen LogP contribution in [0.15, 0.2) is 30.3 Å². The van der Waals surface area contributed by atoms with E-state index >= 15 is 0 Å². The minimum absolute atomic E-state index is 0.0586. The summed E-state index contributed by atoms with van der Waals surface area (Å²) in [4.78, 5) is 10.9. The SMILES string of the molecule is CC(=O)Nc1ccccc1C=CCS. The molecular weight excluding hydrogens is 194 g/mol. The zero-order valence-corrected chi connectivity index (χ0v) is 8.92. The molecule has 0 saturated heterocycles. The average Bonchev–Trinajstić information content (AvgIpc) is 2.16. The first-order valence-electron chi connectivity index (χ1n) is 4.38. The Bertz CT molecular complexity index is 347. The normalized spacial score (nSPS) is 10.4. The molecule has 2 nitrogen and oxygen atoms in total. The lowest BCUT2D eigenvalue weighted by atomic mass is 10.1. The zero-order valence-electron chi connectivity index (χ0n) is 8.03. The van der Waals surface area contributed by atoms with E-state index in [1.54, 1.807) is 0 Å². The average molecular weight is 207 g/mol. The molecule has 0 aliphatic heterocycles. The van der Waals surface area contributed by atoms with Crippen molar-refractivity contribution >= 4 is 30.3 Å². The number of thiol groups is 1. The van der Waals surface area contributed by atoms with E-state index in [1.165, 1.54) is 6.92 Å². The Morgan fingerprint density at radius 3 is 2.86 bits per heavy atom. The number of carbonyl (C=O) groups excluding carboxylic acids is 1. The van der Waals surface area contributed by atoms with E-state index in [4.69, 9.17) is 0 Å². The summed E-state index contributed by atoms with van der Waals surface area (Å²) in [6, 6.07) is 7.65. The van der Waals surface area contributed by atoms with E-state index in [9.17, 15) is 4.79 Å². The monoisotopic (exact) mass is 207 g/mol. The summed E-state index contributed by atoms with van der Waals surface area (Å²) in [6.45, 7) is 1.50. The van der Waals surface area contributed by atoms with Gasteiger partial charge in [-0.2, -0.15) is 12.6 Å².